The van der Waals surface area contributed by atoms with Gasteiger partial charge in [-0.25, -0.2) is 0 Å². The van der Waals surface area contributed by atoms with Crippen LogP contribution in [-0.2, 0) is 16.6 Å². The summed E-state index contributed by atoms with van der Waals surface area (Å²) in [4.78, 5) is 0. The zero-order chi connectivity index (χ0) is 16.7. The Morgan fingerprint density at radius 2 is 1.46 bits per heavy atom. The van der Waals surface area contributed by atoms with Gasteiger partial charge in [-0.1, -0.05) is 0 Å². The molecular weight excluding hydrogens is 411 g/mol. The monoisotopic (exact) mass is 436 g/mol. The molecule has 0 amide bonds. The van der Waals surface area contributed by atoms with Crippen molar-refractivity contribution in [3.63, 3.8) is 0 Å². The molecule has 2 aliphatic rings. The van der Waals surface area contributed by atoms with Crippen molar-refractivity contribution in [2.75, 3.05) is 0 Å². The van der Waals surface area contributed by atoms with Gasteiger partial charge in [0.25, 0.3) is 0 Å². The summed E-state index contributed by atoms with van der Waals surface area (Å²) in [7, 11) is 0. The first-order valence-corrected chi connectivity index (χ1v) is 15.5. The number of allylic oxidation sites excluding steroid dienone is 4. The molecule has 0 aliphatic heterocycles. The number of hydrogen-bond acceptors (Lipinski definition) is 0. The van der Waals surface area contributed by atoms with Gasteiger partial charge in [0.15, 0.2) is 0 Å². The first-order valence-electron chi connectivity index (χ1n) is 8.97. The third kappa shape index (κ3) is 3.57. The fourth-order valence-corrected chi connectivity index (χ4v) is 17.2. The van der Waals surface area contributed by atoms with Crippen LogP contribution in [0.1, 0.15) is 35.1 Å². The molecule has 0 saturated carbocycles. The first kappa shape index (κ1) is 21.7. The van der Waals surface area contributed by atoms with Crippen molar-refractivity contribution in [2.45, 2.75) is 37.1 Å². The summed E-state index contributed by atoms with van der Waals surface area (Å²) < 4.78 is 2.59. The van der Waals surface area contributed by atoms with E-state index in [0.29, 0.717) is 4.22 Å². The Balaban J connectivity index is 0.00000121. The second-order valence-electron chi connectivity index (χ2n) is 6.99. The molecule has 4 heteroatoms. The maximum absolute atomic E-state index is 2.57. The van der Waals surface area contributed by atoms with Crippen LogP contribution < -0.4 is 0 Å². The van der Waals surface area contributed by atoms with E-state index in [2.05, 4.69) is 80.7 Å². The van der Waals surface area contributed by atoms with Crippen LogP contribution in [0.15, 0.2) is 70.1 Å². The summed E-state index contributed by atoms with van der Waals surface area (Å²) in [5, 5.41) is 0. The SMILES string of the molecule is CCC1=[C]([Ti]([CH]2c3ccccc3-c3ccccc32)=[Si](C)C)CC=C1.Cl.Cl. The van der Waals surface area contributed by atoms with E-state index >= 15 is 0 Å². The summed E-state index contributed by atoms with van der Waals surface area (Å²) in [5.74, 6) is 0. The predicted molar refractivity (Wildman–Crippen MR) is 117 cm³/mol. The van der Waals surface area contributed by atoms with Crippen LogP contribution in [-0.4, -0.2) is 6.19 Å². The van der Waals surface area contributed by atoms with Gasteiger partial charge >= 0.3 is 152 Å². The van der Waals surface area contributed by atoms with Gasteiger partial charge in [-0.05, 0) is 0 Å². The Hall–Kier alpha value is -0.569. The smallest absolute Gasteiger partial charge is 0.147 e. The van der Waals surface area contributed by atoms with Crippen molar-refractivity contribution in [3.05, 3.63) is 81.3 Å². The normalized spacial score (nSPS) is 14.4. The molecule has 0 aromatic heterocycles. The molecule has 136 valence electrons. The maximum atomic E-state index is 2.57. The second kappa shape index (κ2) is 9.08. The summed E-state index contributed by atoms with van der Waals surface area (Å²) in [6.07, 6.45) is 6.97. The summed E-state index contributed by atoms with van der Waals surface area (Å²) in [6.45, 7) is 7.47. The minimum Gasteiger partial charge on any atom is -0.147 e. The molecule has 0 fully saturated rings. The van der Waals surface area contributed by atoms with E-state index in [9.17, 15) is 0 Å². The van der Waals surface area contributed by atoms with E-state index in [1.54, 1.807) is 16.7 Å². The van der Waals surface area contributed by atoms with Crippen LogP contribution in [0, 0.1) is 0 Å². The van der Waals surface area contributed by atoms with Crippen LogP contribution in [0.25, 0.3) is 11.1 Å². The van der Waals surface area contributed by atoms with Crippen LogP contribution in [0.3, 0.4) is 0 Å². The largest absolute Gasteiger partial charge is 0.147 e. The van der Waals surface area contributed by atoms with Crippen molar-refractivity contribution >= 4 is 31.0 Å². The molecule has 0 atom stereocenters. The van der Waals surface area contributed by atoms with Gasteiger partial charge in [0.1, 0.15) is 0 Å². The topological polar surface area (TPSA) is 0 Å². The van der Waals surface area contributed by atoms with Crippen molar-refractivity contribution in [2.24, 2.45) is 0 Å². The molecule has 0 saturated heterocycles. The minimum absolute atomic E-state index is 0. The molecule has 26 heavy (non-hydrogen) atoms. The predicted octanol–water partition coefficient (Wildman–Crippen LogP) is 7.09. The number of hydrogen-bond donors (Lipinski definition) is 0. The van der Waals surface area contributed by atoms with Crippen molar-refractivity contribution in [1.29, 1.82) is 0 Å². The van der Waals surface area contributed by atoms with Gasteiger partial charge in [0.2, 0.25) is 0 Å². The van der Waals surface area contributed by atoms with Gasteiger partial charge in [0.05, 0.1) is 0 Å². The quantitative estimate of drug-likeness (QED) is 0.450. The number of benzene rings is 2. The Labute approximate surface area is 176 Å². The number of fused-ring (bicyclic) bond motifs is 3. The average Bonchev–Trinajstić information content (AvgIpc) is 3.19. The van der Waals surface area contributed by atoms with Gasteiger partial charge < -0.3 is 0 Å². The van der Waals surface area contributed by atoms with Crippen LogP contribution in [0.5, 0.6) is 0 Å². The molecule has 0 unspecified atom stereocenters. The molecule has 0 spiro atoms. The van der Waals surface area contributed by atoms with Gasteiger partial charge in [-0.3, -0.25) is 0 Å². The van der Waals surface area contributed by atoms with E-state index in [4.69, 9.17) is 0 Å². The number of halogens is 2. The van der Waals surface area contributed by atoms with E-state index in [1.807, 2.05) is 3.88 Å². The fraction of sp³-hybridized carbons (Fsp3) is 0.273. The van der Waals surface area contributed by atoms with Crippen LogP contribution in [0.4, 0.5) is 0 Å². The summed E-state index contributed by atoms with van der Waals surface area (Å²) >= 11 is -1.39. The molecule has 0 bridgehead atoms. The Morgan fingerprint density at radius 3 is 1.96 bits per heavy atom. The zero-order valence-electron chi connectivity index (χ0n) is 15.6. The summed E-state index contributed by atoms with van der Waals surface area (Å²) in [6, 6.07) is 18.4. The fourth-order valence-electron chi connectivity index (χ4n) is 4.40. The molecule has 4 rings (SSSR count). The molecule has 0 nitrogen and oxygen atoms in total. The van der Waals surface area contributed by atoms with Crippen molar-refractivity contribution in [3.8, 4) is 11.1 Å². The third-order valence-corrected chi connectivity index (χ3v) is 17.7. The van der Waals surface area contributed by atoms with Gasteiger partial charge in [-0.2, -0.15) is 0 Å². The van der Waals surface area contributed by atoms with E-state index < -0.39 is 16.6 Å². The molecule has 2 aliphatic carbocycles. The standard InChI is InChI=1S/C13H9.C7H9.C2H6Si.2ClH.Ti/c1-3-7-12-10(5-1)9-11-6-2-4-8-13(11)12;1-2-7-5-3-4-6-7;1-3-2;;;/h1-9H;3,5H,2,4H2,1H3;1-2H3;2*1H;. The molecule has 0 N–H and O–H groups in total. The van der Waals surface area contributed by atoms with Gasteiger partial charge in [-0.15, -0.1) is 24.8 Å². The zero-order valence-corrected chi connectivity index (χ0v) is 19.8. The molecule has 2 aromatic carbocycles. The molecule has 2 aromatic rings. The average molecular weight is 437 g/mol. The molecular formula is C22H26Cl2SiTi. The third-order valence-electron chi connectivity index (χ3n) is 5.40. The summed E-state index contributed by atoms with van der Waals surface area (Å²) in [5.41, 5.74) is 7.90. The molecule has 0 radical (unpaired) electrons. The number of rotatable bonds is 3. The first-order chi connectivity index (χ1) is 11.7. The van der Waals surface area contributed by atoms with Crippen molar-refractivity contribution in [1.82, 2.24) is 0 Å². The van der Waals surface area contributed by atoms with E-state index in [-0.39, 0.29) is 31.0 Å². The second-order valence-corrected chi connectivity index (χ2v) is 19.0. The Bertz CT molecular complexity index is 862. The minimum atomic E-state index is -1.39. The van der Waals surface area contributed by atoms with Crippen molar-refractivity contribution < 1.29 is 16.6 Å². The van der Waals surface area contributed by atoms with Crippen LogP contribution >= 0.6 is 24.8 Å². The molecule has 0 heterocycles. The van der Waals surface area contributed by atoms with Crippen LogP contribution in [0.2, 0.25) is 13.1 Å². The van der Waals surface area contributed by atoms with Gasteiger partial charge in [0, 0.05) is 0 Å². The van der Waals surface area contributed by atoms with E-state index in [1.165, 1.54) is 24.0 Å². The Kier molecular flexibility index (Phi) is 7.59. The Morgan fingerprint density at radius 1 is 0.923 bits per heavy atom. The maximum Gasteiger partial charge on any atom is -0.147 e. The van der Waals surface area contributed by atoms with E-state index in [0.717, 1.165) is 0 Å².